The number of hydrogen-bond acceptors (Lipinski definition) is 0. The van der Waals surface area contributed by atoms with Crippen molar-refractivity contribution in [3.63, 3.8) is 0 Å². The van der Waals surface area contributed by atoms with Gasteiger partial charge in [-0.15, -0.1) is 0 Å². The van der Waals surface area contributed by atoms with Crippen molar-refractivity contribution in [2.75, 3.05) is 0 Å². The van der Waals surface area contributed by atoms with Crippen LogP contribution in [0, 0.1) is 17.3 Å². The summed E-state index contributed by atoms with van der Waals surface area (Å²) in [4.78, 5) is 0. The zero-order chi connectivity index (χ0) is 10.4. The fourth-order valence-corrected chi connectivity index (χ4v) is 4.06. The molecule has 0 aliphatic heterocycles. The van der Waals surface area contributed by atoms with Gasteiger partial charge in [0.25, 0.3) is 0 Å². The molecule has 2 rings (SSSR count). The van der Waals surface area contributed by atoms with E-state index in [-0.39, 0.29) is 5.41 Å². The van der Waals surface area contributed by atoms with Gasteiger partial charge in [0, 0.05) is 0 Å². The third kappa shape index (κ3) is 1.83. The van der Waals surface area contributed by atoms with Crippen molar-refractivity contribution in [2.45, 2.75) is 65.0 Å². The number of halogens is 1. The first-order chi connectivity index (χ1) is 6.45. The lowest BCUT2D eigenvalue weighted by molar-refractivity contribution is -0.0538. The molecule has 0 N–H and O–H groups in total. The van der Waals surface area contributed by atoms with Crippen LogP contribution in [0.25, 0.3) is 0 Å². The summed E-state index contributed by atoms with van der Waals surface area (Å²) in [6.07, 6.45) is 6.16. The average Bonchev–Trinajstić information content (AvgIpc) is 1.99. The molecule has 0 heterocycles. The predicted molar refractivity (Wildman–Crippen MR) is 58.0 cm³/mol. The zero-order valence-electron chi connectivity index (χ0n) is 9.78. The lowest BCUT2D eigenvalue weighted by Crippen LogP contribution is -2.45. The number of hydrogen-bond donors (Lipinski definition) is 0. The van der Waals surface area contributed by atoms with Gasteiger partial charge in [0.05, 0.1) is 0 Å². The molecule has 2 saturated carbocycles. The van der Waals surface area contributed by atoms with Gasteiger partial charge in [-0.2, -0.15) is 0 Å². The first-order valence-electron chi connectivity index (χ1n) is 6.14. The topological polar surface area (TPSA) is 0 Å². The SMILES string of the molecule is CCC1(C)CC2CC(C)CC(F)(C2)C1. The van der Waals surface area contributed by atoms with Crippen molar-refractivity contribution < 1.29 is 4.39 Å². The van der Waals surface area contributed by atoms with Crippen LogP contribution in [0.1, 0.15) is 59.3 Å². The normalized spacial score (nSPS) is 53.1. The highest BCUT2D eigenvalue weighted by Gasteiger charge is 2.49. The zero-order valence-corrected chi connectivity index (χ0v) is 9.78. The van der Waals surface area contributed by atoms with Crippen LogP contribution in [0.15, 0.2) is 0 Å². The summed E-state index contributed by atoms with van der Waals surface area (Å²) >= 11 is 0. The Bertz CT molecular complexity index is 221. The highest BCUT2D eigenvalue weighted by atomic mass is 19.1. The van der Waals surface area contributed by atoms with E-state index in [0.29, 0.717) is 11.8 Å². The molecule has 2 bridgehead atoms. The molecule has 0 saturated heterocycles. The summed E-state index contributed by atoms with van der Waals surface area (Å²) in [5, 5.41) is 0. The van der Waals surface area contributed by atoms with Gasteiger partial charge in [-0.1, -0.05) is 27.2 Å². The van der Waals surface area contributed by atoms with E-state index in [1.807, 2.05) is 0 Å². The van der Waals surface area contributed by atoms with E-state index in [2.05, 4.69) is 20.8 Å². The van der Waals surface area contributed by atoms with E-state index in [1.54, 1.807) is 0 Å². The van der Waals surface area contributed by atoms with E-state index in [0.717, 1.165) is 25.7 Å². The second-order valence-electron chi connectivity index (χ2n) is 6.31. The molecule has 0 aromatic heterocycles. The monoisotopic (exact) mass is 198 g/mol. The average molecular weight is 198 g/mol. The van der Waals surface area contributed by atoms with Crippen LogP contribution in [0.4, 0.5) is 4.39 Å². The van der Waals surface area contributed by atoms with Gasteiger partial charge in [0.2, 0.25) is 0 Å². The van der Waals surface area contributed by atoms with Crippen molar-refractivity contribution in [2.24, 2.45) is 17.3 Å². The number of rotatable bonds is 1. The molecule has 14 heavy (non-hydrogen) atoms. The largest absolute Gasteiger partial charge is 0.244 e. The molecule has 0 aromatic carbocycles. The van der Waals surface area contributed by atoms with Crippen molar-refractivity contribution >= 4 is 0 Å². The number of alkyl halides is 1. The summed E-state index contributed by atoms with van der Waals surface area (Å²) in [5.41, 5.74) is -0.525. The highest BCUT2D eigenvalue weighted by Crippen LogP contribution is 2.55. The number of fused-ring (bicyclic) bond motifs is 2. The van der Waals surface area contributed by atoms with Gasteiger partial charge in [-0.05, 0) is 49.4 Å². The first kappa shape index (κ1) is 10.4. The third-order valence-corrected chi connectivity index (χ3v) is 4.48. The standard InChI is InChI=1S/C13H23F/c1-4-12(3)7-11-5-10(2)6-13(14,8-11)9-12/h10-11H,4-9H2,1-3H3. The van der Waals surface area contributed by atoms with Gasteiger partial charge in [0.15, 0.2) is 0 Å². The van der Waals surface area contributed by atoms with E-state index < -0.39 is 5.67 Å². The molecule has 82 valence electrons. The minimum atomic E-state index is -0.814. The maximum atomic E-state index is 14.5. The molecule has 1 heteroatoms. The van der Waals surface area contributed by atoms with Crippen LogP contribution < -0.4 is 0 Å². The molecule has 2 fully saturated rings. The predicted octanol–water partition coefficient (Wildman–Crippen LogP) is 4.34. The van der Waals surface area contributed by atoms with E-state index in [4.69, 9.17) is 0 Å². The molecule has 0 aromatic rings. The minimum Gasteiger partial charge on any atom is -0.244 e. The Labute approximate surface area is 87.3 Å². The molecular formula is C13H23F. The summed E-state index contributed by atoms with van der Waals surface area (Å²) in [6.45, 7) is 6.71. The van der Waals surface area contributed by atoms with Gasteiger partial charge in [-0.25, -0.2) is 4.39 Å². The molecule has 0 radical (unpaired) electrons. The molecule has 0 amide bonds. The molecule has 2 aliphatic carbocycles. The van der Waals surface area contributed by atoms with Crippen LogP contribution in [0.3, 0.4) is 0 Å². The van der Waals surface area contributed by atoms with Crippen molar-refractivity contribution in [3.8, 4) is 0 Å². The fourth-order valence-electron chi connectivity index (χ4n) is 4.06. The molecule has 4 unspecified atom stereocenters. The Morgan fingerprint density at radius 3 is 2.57 bits per heavy atom. The molecule has 0 nitrogen and oxygen atoms in total. The Morgan fingerprint density at radius 1 is 1.29 bits per heavy atom. The second-order valence-corrected chi connectivity index (χ2v) is 6.31. The Hall–Kier alpha value is -0.0700. The van der Waals surface area contributed by atoms with Crippen molar-refractivity contribution in [1.82, 2.24) is 0 Å². The Balaban J connectivity index is 2.16. The van der Waals surface area contributed by atoms with Crippen LogP contribution in [-0.2, 0) is 0 Å². The summed E-state index contributed by atoms with van der Waals surface area (Å²) < 4.78 is 14.5. The quantitative estimate of drug-likeness (QED) is 0.588. The van der Waals surface area contributed by atoms with E-state index in [1.165, 1.54) is 12.8 Å². The van der Waals surface area contributed by atoms with Crippen LogP contribution in [0.5, 0.6) is 0 Å². The third-order valence-electron chi connectivity index (χ3n) is 4.48. The maximum Gasteiger partial charge on any atom is 0.112 e. The van der Waals surface area contributed by atoms with Crippen molar-refractivity contribution in [1.29, 1.82) is 0 Å². The van der Waals surface area contributed by atoms with Gasteiger partial charge in [0.1, 0.15) is 5.67 Å². The molecular weight excluding hydrogens is 175 g/mol. The summed E-state index contributed by atoms with van der Waals surface area (Å²) in [5.74, 6) is 1.28. The van der Waals surface area contributed by atoms with E-state index in [9.17, 15) is 4.39 Å². The summed E-state index contributed by atoms with van der Waals surface area (Å²) in [6, 6.07) is 0. The minimum absolute atomic E-state index is 0.289. The lowest BCUT2D eigenvalue weighted by Gasteiger charge is -2.50. The molecule has 4 atom stereocenters. The van der Waals surface area contributed by atoms with E-state index >= 15 is 0 Å². The highest BCUT2D eigenvalue weighted by molar-refractivity contribution is 5.00. The van der Waals surface area contributed by atoms with Gasteiger partial charge in [-0.3, -0.25) is 0 Å². The Morgan fingerprint density at radius 2 is 2.00 bits per heavy atom. The first-order valence-corrected chi connectivity index (χ1v) is 6.14. The smallest absolute Gasteiger partial charge is 0.112 e. The molecule has 0 spiro atoms. The van der Waals surface area contributed by atoms with Gasteiger partial charge >= 0.3 is 0 Å². The van der Waals surface area contributed by atoms with Crippen LogP contribution in [0.2, 0.25) is 0 Å². The lowest BCUT2D eigenvalue weighted by atomic mass is 9.57. The Kier molecular flexibility index (Phi) is 2.40. The maximum absolute atomic E-state index is 14.5. The van der Waals surface area contributed by atoms with Crippen molar-refractivity contribution in [3.05, 3.63) is 0 Å². The fraction of sp³-hybridized carbons (Fsp3) is 1.00. The van der Waals surface area contributed by atoms with Crippen LogP contribution in [-0.4, -0.2) is 5.67 Å². The molecule has 2 aliphatic rings. The van der Waals surface area contributed by atoms with Crippen LogP contribution >= 0.6 is 0 Å². The second kappa shape index (κ2) is 3.21. The van der Waals surface area contributed by atoms with Gasteiger partial charge < -0.3 is 0 Å². The summed E-state index contributed by atoms with van der Waals surface area (Å²) in [7, 11) is 0.